The van der Waals surface area contributed by atoms with Gasteiger partial charge in [-0.1, -0.05) is 6.92 Å². The maximum atomic E-state index is 12.2. The summed E-state index contributed by atoms with van der Waals surface area (Å²) >= 11 is 1.50. The maximum absolute atomic E-state index is 12.2. The highest BCUT2D eigenvalue weighted by atomic mass is 32.1. The Morgan fingerprint density at radius 2 is 2.35 bits per heavy atom. The zero-order chi connectivity index (χ0) is 12.3. The van der Waals surface area contributed by atoms with Gasteiger partial charge in [0.05, 0.1) is 11.3 Å². The standard InChI is InChI=1S/C12H15N3OS/c1-3-6-15-7-4-5-9(11(15)16)10-8-17-12(13-2)14-10/h4-5,7-8H,3,6H2,1-2H3,(H,13,14). The number of nitrogens with one attached hydrogen (secondary N) is 1. The highest BCUT2D eigenvalue weighted by Crippen LogP contribution is 2.21. The fourth-order valence-electron chi connectivity index (χ4n) is 1.66. The third-order valence-corrected chi connectivity index (χ3v) is 3.34. The van der Waals surface area contributed by atoms with Crippen LogP contribution in [0, 0.1) is 0 Å². The normalized spacial score (nSPS) is 10.5. The van der Waals surface area contributed by atoms with Crippen LogP contribution in [0.1, 0.15) is 13.3 Å². The average Bonchev–Trinajstić information content (AvgIpc) is 2.80. The Kier molecular flexibility index (Phi) is 3.58. The Bertz CT molecular complexity index is 559. The predicted molar refractivity (Wildman–Crippen MR) is 71.6 cm³/mol. The van der Waals surface area contributed by atoms with Gasteiger partial charge in [0.2, 0.25) is 0 Å². The van der Waals surface area contributed by atoms with Gasteiger partial charge in [-0.15, -0.1) is 11.3 Å². The molecule has 0 aliphatic carbocycles. The van der Waals surface area contributed by atoms with E-state index in [0.29, 0.717) is 5.56 Å². The van der Waals surface area contributed by atoms with Crippen LogP contribution in [0.5, 0.6) is 0 Å². The number of pyridine rings is 1. The van der Waals surface area contributed by atoms with E-state index in [1.54, 1.807) is 4.57 Å². The summed E-state index contributed by atoms with van der Waals surface area (Å²) in [6, 6.07) is 3.72. The lowest BCUT2D eigenvalue weighted by atomic mass is 10.2. The molecule has 90 valence electrons. The first kappa shape index (κ1) is 11.9. The molecule has 0 unspecified atom stereocenters. The van der Waals surface area contributed by atoms with Gasteiger partial charge in [-0.2, -0.15) is 0 Å². The van der Waals surface area contributed by atoms with Crippen molar-refractivity contribution in [2.45, 2.75) is 19.9 Å². The van der Waals surface area contributed by atoms with Crippen LogP contribution in [0.25, 0.3) is 11.3 Å². The Morgan fingerprint density at radius 3 is 3.00 bits per heavy atom. The molecule has 0 fully saturated rings. The number of aromatic nitrogens is 2. The molecule has 0 bridgehead atoms. The van der Waals surface area contributed by atoms with Crippen molar-refractivity contribution < 1.29 is 0 Å². The highest BCUT2D eigenvalue weighted by molar-refractivity contribution is 7.14. The molecule has 17 heavy (non-hydrogen) atoms. The number of hydrogen-bond acceptors (Lipinski definition) is 4. The van der Waals surface area contributed by atoms with E-state index >= 15 is 0 Å². The molecule has 0 amide bonds. The zero-order valence-corrected chi connectivity index (χ0v) is 10.8. The molecular weight excluding hydrogens is 234 g/mol. The van der Waals surface area contributed by atoms with E-state index in [-0.39, 0.29) is 5.56 Å². The van der Waals surface area contributed by atoms with Crippen molar-refractivity contribution in [1.29, 1.82) is 0 Å². The van der Waals surface area contributed by atoms with E-state index < -0.39 is 0 Å². The number of thiazole rings is 1. The van der Waals surface area contributed by atoms with E-state index in [9.17, 15) is 4.79 Å². The first-order valence-corrected chi connectivity index (χ1v) is 6.47. The lowest BCUT2D eigenvalue weighted by Crippen LogP contribution is -2.20. The Balaban J connectivity index is 2.45. The first-order valence-electron chi connectivity index (χ1n) is 5.59. The van der Waals surface area contributed by atoms with Crippen LogP contribution in [-0.4, -0.2) is 16.6 Å². The van der Waals surface area contributed by atoms with Gasteiger partial charge in [-0.3, -0.25) is 4.79 Å². The minimum atomic E-state index is 0.0299. The second-order valence-corrected chi connectivity index (χ2v) is 4.57. The van der Waals surface area contributed by atoms with Crippen LogP contribution in [-0.2, 0) is 6.54 Å². The quantitative estimate of drug-likeness (QED) is 0.905. The maximum Gasteiger partial charge on any atom is 0.260 e. The molecule has 0 atom stereocenters. The summed E-state index contributed by atoms with van der Waals surface area (Å²) in [5, 5.41) is 5.70. The molecule has 0 saturated carbocycles. The topological polar surface area (TPSA) is 46.9 Å². The van der Waals surface area contributed by atoms with E-state index in [2.05, 4.69) is 17.2 Å². The molecule has 5 heteroatoms. The van der Waals surface area contributed by atoms with Crippen LogP contribution in [0.2, 0.25) is 0 Å². The third kappa shape index (κ3) is 2.39. The number of hydrogen-bond donors (Lipinski definition) is 1. The summed E-state index contributed by atoms with van der Waals surface area (Å²) in [6.07, 6.45) is 2.77. The lowest BCUT2D eigenvalue weighted by Gasteiger charge is -2.04. The summed E-state index contributed by atoms with van der Waals surface area (Å²) in [4.78, 5) is 16.5. The smallest absolute Gasteiger partial charge is 0.260 e. The van der Waals surface area contributed by atoms with Crippen LogP contribution < -0.4 is 10.9 Å². The summed E-state index contributed by atoms with van der Waals surface area (Å²) in [5.74, 6) is 0. The Hall–Kier alpha value is -1.62. The second kappa shape index (κ2) is 5.14. The van der Waals surface area contributed by atoms with Gasteiger partial charge in [-0.05, 0) is 18.6 Å². The molecule has 0 saturated heterocycles. The Morgan fingerprint density at radius 1 is 1.53 bits per heavy atom. The van der Waals surface area contributed by atoms with E-state index in [1.165, 1.54) is 11.3 Å². The van der Waals surface area contributed by atoms with Gasteiger partial charge in [-0.25, -0.2) is 4.98 Å². The molecule has 2 aromatic heterocycles. The summed E-state index contributed by atoms with van der Waals surface area (Å²) in [7, 11) is 1.82. The van der Waals surface area contributed by atoms with Crippen molar-refractivity contribution >= 4 is 16.5 Å². The molecule has 0 aromatic carbocycles. The minimum absolute atomic E-state index is 0.0299. The molecule has 0 radical (unpaired) electrons. The molecule has 2 aromatic rings. The molecule has 2 heterocycles. The van der Waals surface area contributed by atoms with Crippen molar-refractivity contribution in [3.05, 3.63) is 34.1 Å². The molecule has 0 aliphatic heterocycles. The van der Waals surface area contributed by atoms with Gasteiger partial charge in [0.25, 0.3) is 5.56 Å². The number of aryl methyl sites for hydroxylation is 1. The number of nitrogens with zero attached hydrogens (tertiary/aromatic N) is 2. The van der Waals surface area contributed by atoms with Crippen LogP contribution in [0.3, 0.4) is 0 Å². The third-order valence-electron chi connectivity index (χ3n) is 2.48. The molecule has 0 aliphatic rings. The van der Waals surface area contributed by atoms with Gasteiger partial charge >= 0.3 is 0 Å². The predicted octanol–water partition coefficient (Wildman–Crippen LogP) is 2.42. The summed E-state index contributed by atoms with van der Waals surface area (Å²) < 4.78 is 1.73. The SMILES string of the molecule is CCCn1cccc(-c2csc(NC)n2)c1=O. The Labute approximate surface area is 104 Å². The van der Waals surface area contributed by atoms with Crippen molar-refractivity contribution in [3.63, 3.8) is 0 Å². The van der Waals surface area contributed by atoms with E-state index in [0.717, 1.165) is 23.8 Å². The van der Waals surface area contributed by atoms with Gasteiger partial charge in [0.1, 0.15) is 0 Å². The molecule has 0 spiro atoms. The van der Waals surface area contributed by atoms with Gasteiger partial charge in [0, 0.05) is 25.2 Å². The van der Waals surface area contributed by atoms with Crippen molar-refractivity contribution in [2.75, 3.05) is 12.4 Å². The summed E-state index contributed by atoms with van der Waals surface area (Å²) in [6.45, 7) is 2.80. The molecular formula is C12H15N3OS. The number of anilines is 1. The van der Waals surface area contributed by atoms with Crippen molar-refractivity contribution in [2.24, 2.45) is 0 Å². The zero-order valence-electron chi connectivity index (χ0n) is 9.93. The van der Waals surface area contributed by atoms with E-state index in [1.807, 2.05) is 30.8 Å². The van der Waals surface area contributed by atoms with Crippen molar-refractivity contribution in [1.82, 2.24) is 9.55 Å². The monoisotopic (exact) mass is 249 g/mol. The highest BCUT2D eigenvalue weighted by Gasteiger charge is 2.08. The average molecular weight is 249 g/mol. The fourth-order valence-corrected chi connectivity index (χ4v) is 2.33. The molecule has 1 N–H and O–H groups in total. The van der Waals surface area contributed by atoms with Crippen LogP contribution in [0.4, 0.5) is 5.13 Å². The van der Waals surface area contributed by atoms with Gasteiger partial charge < -0.3 is 9.88 Å². The lowest BCUT2D eigenvalue weighted by molar-refractivity contribution is 0.655. The van der Waals surface area contributed by atoms with Crippen molar-refractivity contribution in [3.8, 4) is 11.3 Å². The fraction of sp³-hybridized carbons (Fsp3) is 0.333. The molecule has 4 nitrogen and oxygen atoms in total. The van der Waals surface area contributed by atoms with E-state index in [4.69, 9.17) is 0 Å². The van der Waals surface area contributed by atoms with Gasteiger partial charge in [0.15, 0.2) is 5.13 Å². The minimum Gasteiger partial charge on any atom is -0.365 e. The largest absolute Gasteiger partial charge is 0.365 e. The second-order valence-electron chi connectivity index (χ2n) is 3.71. The first-order chi connectivity index (χ1) is 8.26. The number of rotatable bonds is 4. The van der Waals surface area contributed by atoms with Crippen LogP contribution >= 0.6 is 11.3 Å². The van der Waals surface area contributed by atoms with Crippen LogP contribution in [0.15, 0.2) is 28.5 Å². The summed E-state index contributed by atoms with van der Waals surface area (Å²) in [5.41, 5.74) is 1.44. The molecule has 2 rings (SSSR count).